The van der Waals surface area contributed by atoms with Gasteiger partial charge in [0.15, 0.2) is 5.58 Å². The minimum atomic E-state index is -1.25. The van der Waals surface area contributed by atoms with Crippen molar-refractivity contribution >= 4 is 48.9 Å². The van der Waals surface area contributed by atoms with Crippen LogP contribution in [0.15, 0.2) is 22.6 Å². The van der Waals surface area contributed by atoms with Crippen molar-refractivity contribution in [2.75, 3.05) is 6.61 Å². The average Bonchev–Trinajstić information content (AvgIpc) is 2.72. The van der Waals surface area contributed by atoms with Gasteiger partial charge in [-0.15, -0.1) is 0 Å². The van der Waals surface area contributed by atoms with E-state index in [1.807, 2.05) is 25.1 Å². The van der Waals surface area contributed by atoms with Gasteiger partial charge in [0, 0.05) is 0 Å². The van der Waals surface area contributed by atoms with Gasteiger partial charge in [-0.25, -0.2) is 9.78 Å². The number of esters is 1. The highest BCUT2D eigenvalue weighted by Crippen LogP contribution is 2.40. The third-order valence-electron chi connectivity index (χ3n) is 2.34. The number of rotatable bonds is 3. The Morgan fingerprint density at radius 3 is 2.89 bits per heavy atom. The first kappa shape index (κ1) is 13.5. The second kappa shape index (κ2) is 5.01. The molecule has 0 spiro atoms. The molecule has 0 aliphatic carbocycles. The Morgan fingerprint density at radius 2 is 2.22 bits per heavy atom. The lowest BCUT2D eigenvalue weighted by molar-refractivity contribution is -0.143. The maximum atomic E-state index is 11.8. The van der Waals surface area contributed by atoms with E-state index in [9.17, 15) is 4.79 Å². The first-order valence-corrected chi connectivity index (χ1v) is 6.96. The Balaban J connectivity index is 2.44. The zero-order chi connectivity index (χ0) is 13.3. The molecule has 96 valence electrons. The molecule has 0 aliphatic rings. The summed E-state index contributed by atoms with van der Waals surface area (Å²) in [5.41, 5.74) is 2.41. The van der Waals surface area contributed by atoms with E-state index in [0.717, 1.165) is 5.56 Å². The Morgan fingerprint density at radius 1 is 1.50 bits per heavy atom. The first-order valence-electron chi connectivity index (χ1n) is 5.38. The highest BCUT2D eigenvalue weighted by molar-refractivity contribution is 9.25. The van der Waals surface area contributed by atoms with Crippen LogP contribution in [0.4, 0.5) is 0 Å². The Labute approximate surface area is 121 Å². The molecule has 0 aliphatic heterocycles. The first-order chi connectivity index (χ1) is 8.45. The standard InChI is InChI=1S/C12H11Br2NO3/c1-3-17-11(16)12(13,14)10-15-8-6-7(2)4-5-9(8)18-10/h4-6H,3H2,1-2H3. The van der Waals surface area contributed by atoms with Gasteiger partial charge in [-0.3, -0.25) is 0 Å². The van der Waals surface area contributed by atoms with E-state index >= 15 is 0 Å². The van der Waals surface area contributed by atoms with Crippen molar-refractivity contribution in [3.05, 3.63) is 29.7 Å². The SMILES string of the molecule is CCOC(=O)C(Br)(Br)c1nc2cc(C)ccc2o1. The molecular weight excluding hydrogens is 366 g/mol. The van der Waals surface area contributed by atoms with Crippen molar-refractivity contribution in [2.45, 2.75) is 17.1 Å². The lowest BCUT2D eigenvalue weighted by Crippen LogP contribution is -2.25. The van der Waals surface area contributed by atoms with Crippen molar-refractivity contribution in [2.24, 2.45) is 0 Å². The van der Waals surface area contributed by atoms with E-state index in [1.54, 1.807) is 6.92 Å². The lowest BCUT2D eigenvalue weighted by atomic mass is 10.2. The number of benzene rings is 1. The molecular formula is C12H11Br2NO3. The smallest absolute Gasteiger partial charge is 0.343 e. The van der Waals surface area contributed by atoms with E-state index in [2.05, 4.69) is 36.8 Å². The number of hydrogen-bond donors (Lipinski definition) is 0. The van der Waals surface area contributed by atoms with E-state index in [1.165, 1.54) is 0 Å². The summed E-state index contributed by atoms with van der Waals surface area (Å²) in [6, 6.07) is 5.64. The number of ether oxygens (including phenoxy) is 1. The monoisotopic (exact) mass is 375 g/mol. The molecule has 1 heterocycles. The normalized spacial score (nSPS) is 11.8. The van der Waals surface area contributed by atoms with Crippen molar-refractivity contribution in [1.82, 2.24) is 4.98 Å². The van der Waals surface area contributed by atoms with Crippen LogP contribution in [-0.4, -0.2) is 17.6 Å². The van der Waals surface area contributed by atoms with Gasteiger partial charge in [0.25, 0.3) is 3.23 Å². The Hall–Kier alpha value is -0.880. The van der Waals surface area contributed by atoms with E-state index in [4.69, 9.17) is 9.15 Å². The van der Waals surface area contributed by atoms with E-state index < -0.39 is 9.20 Å². The van der Waals surface area contributed by atoms with Gasteiger partial charge in [-0.2, -0.15) is 0 Å². The lowest BCUT2D eigenvalue weighted by Gasteiger charge is -2.13. The third-order valence-corrected chi connectivity index (χ3v) is 3.67. The number of aromatic nitrogens is 1. The summed E-state index contributed by atoms with van der Waals surface area (Å²) in [6.45, 7) is 4.00. The highest BCUT2D eigenvalue weighted by atomic mass is 79.9. The molecule has 18 heavy (non-hydrogen) atoms. The molecule has 2 aromatic rings. The van der Waals surface area contributed by atoms with Crippen LogP contribution in [0.3, 0.4) is 0 Å². The number of halogens is 2. The van der Waals surface area contributed by atoms with Crippen LogP contribution in [0.5, 0.6) is 0 Å². The molecule has 0 saturated carbocycles. The van der Waals surface area contributed by atoms with Crippen LogP contribution in [-0.2, 0) is 12.8 Å². The van der Waals surface area contributed by atoms with Crippen molar-refractivity contribution in [3.8, 4) is 0 Å². The molecule has 0 unspecified atom stereocenters. The van der Waals surface area contributed by atoms with Gasteiger partial charge in [0.2, 0.25) is 5.89 Å². The molecule has 6 heteroatoms. The number of oxazole rings is 1. The fourth-order valence-corrected chi connectivity index (χ4v) is 2.05. The highest BCUT2D eigenvalue weighted by Gasteiger charge is 2.41. The second-order valence-electron chi connectivity index (χ2n) is 3.79. The number of fused-ring (bicyclic) bond motifs is 1. The molecule has 0 atom stereocenters. The van der Waals surface area contributed by atoms with Crippen molar-refractivity contribution < 1.29 is 13.9 Å². The fourth-order valence-electron chi connectivity index (χ4n) is 1.48. The maximum absolute atomic E-state index is 11.8. The summed E-state index contributed by atoms with van der Waals surface area (Å²) in [7, 11) is 0. The minimum Gasteiger partial charge on any atom is -0.464 e. The average molecular weight is 377 g/mol. The summed E-state index contributed by atoms with van der Waals surface area (Å²) < 4.78 is 9.25. The Kier molecular flexibility index (Phi) is 3.77. The summed E-state index contributed by atoms with van der Waals surface area (Å²) in [5.74, 6) is -0.269. The summed E-state index contributed by atoms with van der Waals surface area (Å²) in [6.07, 6.45) is 0. The molecule has 4 nitrogen and oxygen atoms in total. The molecule has 0 N–H and O–H groups in total. The molecule has 0 fully saturated rings. The van der Waals surface area contributed by atoms with Crippen LogP contribution in [0.1, 0.15) is 18.4 Å². The van der Waals surface area contributed by atoms with Gasteiger partial charge < -0.3 is 9.15 Å². The van der Waals surface area contributed by atoms with E-state index in [0.29, 0.717) is 11.1 Å². The largest absolute Gasteiger partial charge is 0.464 e. The summed E-state index contributed by atoms with van der Waals surface area (Å²) in [5, 5.41) is 0. The van der Waals surface area contributed by atoms with E-state index in [-0.39, 0.29) is 12.5 Å². The molecule has 0 amide bonds. The van der Waals surface area contributed by atoms with Gasteiger partial charge in [-0.1, -0.05) is 6.07 Å². The number of aryl methyl sites for hydroxylation is 1. The van der Waals surface area contributed by atoms with Gasteiger partial charge >= 0.3 is 5.97 Å². The molecule has 0 saturated heterocycles. The number of nitrogens with zero attached hydrogens (tertiary/aromatic N) is 1. The van der Waals surface area contributed by atoms with Crippen LogP contribution in [0.25, 0.3) is 11.1 Å². The van der Waals surface area contributed by atoms with Crippen LogP contribution >= 0.6 is 31.9 Å². The van der Waals surface area contributed by atoms with Crippen molar-refractivity contribution in [3.63, 3.8) is 0 Å². The number of alkyl halides is 2. The molecule has 1 aromatic heterocycles. The zero-order valence-corrected chi connectivity index (χ0v) is 13.0. The predicted octanol–water partition coefficient (Wildman–Crippen LogP) is 3.64. The quantitative estimate of drug-likeness (QED) is 0.606. The van der Waals surface area contributed by atoms with Gasteiger partial charge in [0.1, 0.15) is 5.52 Å². The minimum absolute atomic E-state index is 0.224. The molecule has 0 radical (unpaired) electrons. The summed E-state index contributed by atoms with van der Waals surface area (Å²) >= 11 is 6.48. The van der Waals surface area contributed by atoms with Crippen LogP contribution < -0.4 is 0 Å². The molecule has 0 bridgehead atoms. The number of carbonyl (C=O) groups excluding carboxylic acids is 1. The van der Waals surface area contributed by atoms with Gasteiger partial charge in [-0.05, 0) is 63.4 Å². The Bertz CT molecular complexity index is 592. The van der Waals surface area contributed by atoms with Crippen LogP contribution in [0, 0.1) is 6.92 Å². The fraction of sp³-hybridized carbons (Fsp3) is 0.333. The topological polar surface area (TPSA) is 52.3 Å². The molecule has 2 rings (SSSR count). The van der Waals surface area contributed by atoms with Gasteiger partial charge in [0.05, 0.1) is 6.61 Å². The molecule has 1 aromatic carbocycles. The number of hydrogen-bond acceptors (Lipinski definition) is 4. The van der Waals surface area contributed by atoms with Crippen LogP contribution in [0.2, 0.25) is 0 Å². The third kappa shape index (κ3) is 2.44. The maximum Gasteiger partial charge on any atom is 0.343 e. The predicted molar refractivity (Wildman–Crippen MR) is 74.9 cm³/mol. The number of carbonyl (C=O) groups is 1. The second-order valence-corrected chi connectivity index (χ2v) is 7.23. The zero-order valence-electron chi connectivity index (χ0n) is 9.87. The van der Waals surface area contributed by atoms with Crippen molar-refractivity contribution in [1.29, 1.82) is 0 Å². The summed E-state index contributed by atoms with van der Waals surface area (Å²) in [4.78, 5) is 16.1.